The van der Waals surface area contributed by atoms with Crippen LogP contribution < -0.4 is 8.93 Å². The Morgan fingerprint density at radius 3 is 2.94 bits per heavy atom. The van der Waals surface area contributed by atoms with Gasteiger partial charge in [0.05, 0.1) is 0 Å². The molecule has 0 unspecified atom stereocenters. The van der Waals surface area contributed by atoms with E-state index in [1.807, 2.05) is 18.2 Å². The zero-order chi connectivity index (χ0) is 11.4. The van der Waals surface area contributed by atoms with Crippen LogP contribution in [0, 0.1) is 0 Å². The molecule has 2 rings (SSSR count). The van der Waals surface area contributed by atoms with Gasteiger partial charge in [0.25, 0.3) is 0 Å². The minimum absolute atomic E-state index is 0.0427. The standard InChI is InChI=1S/C13H15NOTe/c1-2-3-6-10-9-13(15)14-11-7-4-5-8-12(11)16-10/h4-5,7-9H,2-3,6H2,1H3,(H,14,15). The van der Waals surface area contributed by atoms with E-state index < -0.39 is 0 Å². The van der Waals surface area contributed by atoms with Crippen molar-refractivity contribution in [2.45, 2.75) is 26.2 Å². The number of anilines is 1. The van der Waals surface area contributed by atoms with Gasteiger partial charge in [0, 0.05) is 0 Å². The van der Waals surface area contributed by atoms with E-state index in [1.165, 1.54) is 20.1 Å². The number of carbonyl (C=O) groups excluding carboxylic acids is 1. The van der Waals surface area contributed by atoms with Crippen molar-refractivity contribution in [2.75, 3.05) is 5.32 Å². The molecule has 0 saturated heterocycles. The summed E-state index contributed by atoms with van der Waals surface area (Å²) in [6.07, 6.45) is 5.28. The number of unbranched alkanes of at least 4 members (excludes halogenated alkanes) is 1. The fraction of sp³-hybridized carbons (Fsp3) is 0.308. The van der Waals surface area contributed by atoms with Crippen LogP contribution in [-0.2, 0) is 4.79 Å². The second kappa shape index (κ2) is 5.52. The summed E-state index contributed by atoms with van der Waals surface area (Å²) in [5.74, 6) is 0.0427. The Labute approximate surface area is 106 Å². The van der Waals surface area contributed by atoms with Crippen molar-refractivity contribution >= 4 is 36.1 Å². The summed E-state index contributed by atoms with van der Waals surface area (Å²) in [6.45, 7) is 2.19. The Hall–Kier alpha value is -0.780. The molecule has 84 valence electrons. The number of allylic oxidation sites excluding steroid dienone is 1. The maximum atomic E-state index is 11.7. The summed E-state index contributed by atoms with van der Waals surface area (Å²) >= 11 is -0.353. The van der Waals surface area contributed by atoms with Gasteiger partial charge in [-0.25, -0.2) is 0 Å². The summed E-state index contributed by atoms with van der Waals surface area (Å²) in [4.78, 5) is 11.7. The number of hydrogen-bond acceptors (Lipinski definition) is 1. The Morgan fingerprint density at radius 1 is 1.31 bits per heavy atom. The van der Waals surface area contributed by atoms with Crippen LogP contribution in [0.4, 0.5) is 5.69 Å². The molecular formula is C13H15NOTe. The molecule has 3 heteroatoms. The van der Waals surface area contributed by atoms with Crippen LogP contribution in [0.15, 0.2) is 34.0 Å². The Balaban J connectivity index is 2.22. The quantitative estimate of drug-likeness (QED) is 0.845. The number of benzene rings is 1. The topological polar surface area (TPSA) is 29.1 Å². The van der Waals surface area contributed by atoms with Crippen LogP contribution in [-0.4, -0.2) is 26.8 Å². The first kappa shape index (κ1) is 11.7. The van der Waals surface area contributed by atoms with Gasteiger partial charge in [-0.15, -0.1) is 0 Å². The van der Waals surface area contributed by atoms with Crippen LogP contribution >= 0.6 is 0 Å². The van der Waals surface area contributed by atoms with Crippen molar-refractivity contribution in [1.29, 1.82) is 0 Å². The average molecular weight is 329 g/mol. The first-order chi connectivity index (χ1) is 7.79. The molecule has 0 saturated carbocycles. The first-order valence-corrected chi connectivity index (χ1v) is 7.91. The van der Waals surface area contributed by atoms with Crippen molar-refractivity contribution in [1.82, 2.24) is 0 Å². The SMILES string of the molecule is CCCCC1=CC(=O)Nc2ccccc2[Te]1. The van der Waals surface area contributed by atoms with E-state index in [0.717, 1.165) is 12.1 Å². The molecule has 0 radical (unpaired) electrons. The molecule has 1 N–H and O–H groups in total. The molecular weight excluding hydrogens is 314 g/mol. The predicted molar refractivity (Wildman–Crippen MR) is 68.1 cm³/mol. The number of carbonyl (C=O) groups is 1. The van der Waals surface area contributed by atoms with Crippen molar-refractivity contribution < 1.29 is 4.79 Å². The van der Waals surface area contributed by atoms with Crippen molar-refractivity contribution in [2.24, 2.45) is 0 Å². The number of fused-ring (bicyclic) bond motifs is 1. The molecule has 0 bridgehead atoms. The molecule has 1 amide bonds. The Kier molecular flexibility index (Phi) is 4.03. The molecule has 16 heavy (non-hydrogen) atoms. The number of amides is 1. The molecule has 1 aliphatic heterocycles. The molecule has 0 atom stereocenters. The van der Waals surface area contributed by atoms with Gasteiger partial charge in [0.2, 0.25) is 0 Å². The number of hydrogen-bond donors (Lipinski definition) is 1. The van der Waals surface area contributed by atoms with Crippen LogP contribution in [0.2, 0.25) is 0 Å². The fourth-order valence-electron chi connectivity index (χ4n) is 1.62. The number of rotatable bonds is 3. The van der Waals surface area contributed by atoms with Crippen LogP contribution in [0.5, 0.6) is 0 Å². The van der Waals surface area contributed by atoms with Gasteiger partial charge in [0.1, 0.15) is 0 Å². The molecule has 0 spiro atoms. The Bertz CT molecular complexity index is 426. The summed E-state index contributed by atoms with van der Waals surface area (Å²) in [7, 11) is 0. The number of para-hydroxylation sites is 1. The van der Waals surface area contributed by atoms with Crippen LogP contribution in [0.3, 0.4) is 0 Å². The van der Waals surface area contributed by atoms with Gasteiger partial charge in [0.15, 0.2) is 0 Å². The van der Waals surface area contributed by atoms with Gasteiger partial charge in [-0.05, 0) is 0 Å². The minimum atomic E-state index is -0.353. The third kappa shape index (κ3) is 2.87. The fourth-order valence-corrected chi connectivity index (χ4v) is 4.67. The van der Waals surface area contributed by atoms with Crippen molar-refractivity contribution in [3.05, 3.63) is 34.0 Å². The van der Waals surface area contributed by atoms with E-state index in [9.17, 15) is 4.79 Å². The third-order valence-electron chi connectivity index (χ3n) is 2.45. The molecule has 2 nitrogen and oxygen atoms in total. The van der Waals surface area contributed by atoms with E-state index in [0.29, 0.717) is 0 Å². The summed E-state index contributed by atoms with van der Waals surface area (Å²) in [5, 5.41) is 2.95. The summed E-state index contributed by atoms with van der Waals surface area (Å²) in [5.41, 5.74) is 1.01. The molecule has 1 aromatic carbocycles. The van der Waals surface area contributed by atoms with Crippen molar-refractivity contribution in [3.63, 3.8) is 0 Å². The summed E-state index contributed by atoms with van der Waals surface area (Å²) < 4.78 is 2.72. The number of nitrogens with one attached hydrogen (secondary N) is 1. The van der Waals surface area contributed by atoms with E-state index in [2.05, 4.69) is 24.4 Å². The van der Waals surface area contributed by atoms with Crippen LogP contribution in [0.1, 0.15) is 26.2 Å². The van der Waals surface area contributed by atoms with Crippen LogP contribution in [0.25, 0.3) is 0 Å². The van der Waals surface area contributed by atoms with E-state index in [-0.39, 0.29) is 26.8 Å². The van der Waals surface area contributed by atoms with E-state index in [4.69, 9.17) is 0 Å². The van der Waals surface area contributed by atoms with Gasteiger partial charge in [-0.3, -0.25) is 0 Å². The molecule has 1 aliphatic rings. The monoisotopic (exact) mass is 331 g/mol. The molecule has 1 aromatic rings. The third-order valence-corrected chi connectivity index (χ3v) is 5.77. The van der Waals surface area contributed by atoms with Gasteiger partial charge < -0.3 is 0 Å². The maximum absolute atomic E-state index is 11.7. The van der Waals surface area contributed by atoms with Gasteiger partial charge >= 0.3 is 106 Å². The zero-order valence-electron chi connectivity index (χ0n) is 9.32. The second-order valence-electron chi connectivity index (χ2n) is 3.80. The molecule has 0 fully saturated rings. The van der Waals surface area contributed by atoms with Gasteiger partial charge in [-0.2, -0.15) is 0 Å². The van der Waals surface area contributed by atoms with E-state index in [1.54, 1.807) is 0 Å². The average Bonchev–Trinajstić information content (AvgIpc) is 2.43. The van der Waals surface area contributed by atoms with E-state index >= 15 is 0 Å². The van der Waals surface area contributed by atoms with Gasteiger partial charge in [-0.1, -0.05) is 0 Å². The van der Waals surface area contributed by atoms with Crippen molar-refractivity contribution in [3.8, 4) is 0 Å². The first-order valence-electron chi connectivity index (χ1n) is 5.58. The normalized spacial score (nSPS) is 14.8. The second-order valence-corrected chi connectivity index (χ2v) is 7.14. The molecule has 1 heterocycles. The predicted octanol–water partition coefficient (Wildman–Crippen LogP) is 2.04. The molecule has 0 aromatic heterocycles. The Morgan fingerprint density at radius 2 is 2.12 bits per heavy atom. The summed E-state index contributed by atoms with van der Waals surface area (Å²) in [6, 6.07) is 8.17. The zero-order valence-corrected chi connectivity index (χ0v) is 11.7. The molecule has 0 aliphatic carbocycles.